The Morgan fingerprint density at radius 3 is 3.00 bits per heavy atom. The third-order valence-electron chi connectivity index (χ3n) is 2.37. The second kappa shape index (κ2) is 3.84. The highest BCUT2D eigenvalue weighted by Crippen LogP contribution is 2.33. The molecule has 8 heteroatoms. The predicted molar refractivity (Wildman–Crippen MR) is 61.2 cm³/mol. The van der Waals surface area contributed by atoms with E-state index in [0.717, 1.165) is 0 Å². The van der Waals surface area contributed by atoms with Gasteiger partial charge in [0.25, 0.3) is 5.89 Å². The minimum absolute atomic E-state index is 0.0900. The van der Waals surface area contributed by atoms with Crippen LogP contribution >= 0.6 is 0 Å². The van der Waals surface area contributed by atoms with E-state index in [2.05, 4.69) is 25.6 Å². The van der Waals surface area contributed by atoms with E-state index in [-0.39, 0.29) is 23.2 Å². The molecule has 0 fully saturated rings. The number of benzene rings is 1. The average Bonchev–Trinajstić information content (AvgIpc) is 3.01. The van der Waals surface area contributed by atoms with Crippen LogP contribution in [0, 0.1) is 0 Å². The number of rotatable bonds is 2. The molecule has 2 aromatic heterocycles. The lowest BCUT2D eigenvalue weighted by molar-refractivity contribution is 0.426. The van der Waals surface area contributed by atoms with Gasteiger partial charge in [-0.25, -0.2) is 0 Å². The minimum atomic E-state index is -0.0900. The lowest BCUT2D eigenvalue weighted by atomic mass is 10.2. The van der Waals surface area contributed by atoms with Gasteiger partial charge in [0.1, 0.15) is 0 Å². The summed E-state index contributed by atoms with van der Waals surface area (Å²) in [4.78, 5) is 4.11. The summed E-state index contributed by atoms with van der Waals surface area (Å²) in [6.45, 7) is 0. The molecule has 0 saturated carbocycles. The fourth-order valence-corrected chi connectivity index (χ4v) is 1.48. The van der Waals surface area contributed by atoms with Crippen molar-refractivity contribution >= 4 is 5.69 Å². The molecule has 90 valence electrons. The van der Waals surface area contributed by atoms with Crippen molar-refractivity contribution in [2.24, 2.45) is 0 Å². The first-order chi connectivity index (χ1) is 8.75. The molecule has 0 aliphatic rings. The van der Waals surface area contributed by atoms with Crippen LogP contribution in [-0.4, -0.2) is 30.7 Å². The van der Waals surface area contributed by atoms with Gasteiger partial charge < -0.3 is 15.4 Å². The largest absolute Gasteiger partial charge is 0.505 e. The van der Waals surface area contributed by atoms with Crippen LogP contribution < -0.4 is 5.73 Å². The summed E-state index contributed by atoms with van der Waals surface area (Å²) < 4.78 is 5.05. The third-order valence-corrected chi connectivity index (χ3v) is 2.37. The topological polar surface area (TPSA) is 127 Å². The second-order valence-electron chi connectivity index (χ2n) is 3.52. The van der Waals surface area contributed by atoms with Crippen molar-refractivity contribution in [3.8, 4) is 28.7 Å². The molecule has 1 aromatic carbocycles. The van der Waals surface area contributed by atoms with Gasteiger partial charge in [-0.2, -0.15) is 20.4 Å². The number of H-pyrrole nitrogens is 1. The Morgan fingerprint density at radius 2 is 2.22 bits per heavy atom. The molecule has 3 aromatic rings. The summed E-state index contributed by atoms with van der Waals surface area (Å²) in [6.07, 6.45) is 1.47. The van der Waals surface area contributed by atoms with Gasteiger partial charge in [-0.3, -0.25) is 0 Å². The Bertz CT molecular complexity index is 676. The Kier molecular flexibility index (Phi) is 2.19. The molecule has 4 N–H and O–H groups in total. The molecule has 2 heterocycles. The van der Waals surface area contributed by atoms with Crippen LogP contribution in [-0.2, 0) is 0 Å². The Hall–Kier alpha value is -2.90. The molecule has 0 bridgehead atoms. The number of nitrogens with two attached hydrogens (primary N) is 1. The molecule has 8 nitrogen and oxygen atoms in total. The van der Waals surface area contributed by atoms with Gasteiger partial charge in [-0.05, 0) is 12.1 Å². The van der Waals surface area contributed by atoms with Gasteiger partial charge in [0.05, 0.1) is 17.4 Å². The van der Waals surface area contributed by atoms with Crippen LogP contribution in [0.15, 0.2) is 28.9 Å². The quantitative estimate of drug-likeness (QED) is 0.449. The summed E-state index contributed by atoms with van der Waals surface area (Å²) in [5.41, 5.74) is 6.66. The molecular formula is C10H8N6O2. The fourth-order valence-electron chi connectivity index (χ4n) is 1.48. The standard InChI is InChI=1S/C10H8N6O2/c11-6-3-1-2-5(8(6)17)10-13-9(15-18-10)7-4-12-16-14-7/h1-4,17H,11H2,(H,12,14,16). The lowest BCUT2D eigenvalue weighted by Gasteiger charge is -2.01. The van der Waals surface area contributed by atoms with E-state index in [4.69, 9.17) is 10.3 Å². The first-order valence-corrected chi connectivity index (χ1v) is 5.03. The van der Waals surface area contributed by atoms with Crippen molar-refractivity contribution in [3.05, 3.63) is 24.4 Å². The molecule has 0 spiro atoms. The van der Waals surface area contributed by atoms with Crippen molar-refractivity contribution in [3.63, 3.8) is 0 Å². The monoisotopic (exact) mass is 244 g/mol. The molecule has 18 heavy (non-hydrogen) atoms. The van der Waals surface area contributed by atoms with Gasteiger partial charge >= 0.3 is 0 Å². The van der Waals surface area contributed by atoms with Crippen LogP contribution in [0.3, 0.4) is 0 Å². The molecular weight excluding hydrogens is 236 g/mol. The highest BCUT2D eigenvalue weighted by atomic mass is 16.5. The number of nitrogens with one attached hydrogen (secondary N) is 1. The van der Waals surface area contributed by atoms with Crippen LogP contribution in [0.5, 0.6) is 5.75 Å². The number of nitrogen functional groups attached to an aromatic ring is 1. The summed E-state index contributed by atoms with van der Waals surface area (Å²) in [7, 11) is 0. The highest BCUT2D eigenvalue weighted by molar-refractivity contribution is 5.72. The van der Waals surface area contributed by atoms with Crippen LogP contribution in [0.1, 0.15) is 0 Å². The normalized spacial score (nSPS) is 10.7. The van der Waals surface area contributed by atoms with Crippen LogP contribution in [0.4, 0.5) is 5.69 Å². The third kappa shape index (κ3) is 1.56. The Balaban J connectivity index is 2.06. The van der Waals surface area contributed by atoms with Gasteiger partial charge in [0.2, 0.25) is 5.82 Å². The Morgan fingerprint density at radius 1 is 1.33 bits per heavy atom. The van der Waals surface area contributed by atoms with E-state index in [0.29, 0.717) is 11.3 Å². The highest BCUT2D eigenvalue weighted by Gasteiger charge is 2.16. The number of phenols is 1. The maximum atomic E-state index is 9.80. The van der Waals surface area contributed by atoms with Gasteiger partial charge in [-0.15, -0.1) is 0 Å². The molecule has 0 atom stereocenters. The second-order valence-corrected chi connectivity index (χ2v) is 3.52. The number of para-hydroxylation sites is 1. The number of phenolic OH excluding ortho intramolecular Hbond substituents is 1. The van der Waals surface area contributed by atoms with Gasteiger partial charge in [-0.1, -0.05) is 11.2 Å². The van der Waals surface area contributed by atoms with Crippen LogP contribution in [0.2, 0.25) is 0 Å². The molecule has 0 amide bonds. The van der Waals surface area contributed by atoms with E-state index in [9.17, 15) is 5.11 Å². The van der Waals surface area contributed by atoms with Crippen molar-refractivity contribution in [1.29, 1.82) is 0 Å². The number of aromatic nitrogens is 5. The van der Waals surface area contributed by atoms with Crippen molar-refractivity contribution in [2.75, 3.05) is 5.73 Å². The zero-order valence-electron chi connectivity index (χ0n) is 9.03. The first-order valence-electron chi connectivity index (χ1n) is 5.03. The molecule has 3 rings (SSSR count). The minimum Gasteiger partial charge on any atom is -0.505 e. The zero-order chi connectivity index (χ0) is 12.5. The molecule has 0 aliphatic heterocycles. The fraction of sp³-hybridized carbons (Fsp3) is 0. The molecule has 0 saturated heterocycles. The van der Waals surface area contributed by atoms with Crippen molar-refractivity contribution in [1.82, 2.24) is 25.6 Å². The number of hydrogen-bond donors (Lipinski definition) is 3. The summed E-state index contributed by atoms with van der Waals surface area (Å²) in [5.74, 6) is 0.353. The number of aromatic hydroxyl groups is 1. The first kappa shape index (κ1) is 10.3. The number of hydrogen-bond acceptors (Lipinski definition) is 7. The maximum absolute atomic E-state index is 9.80. The summed E-state index contributed by atoms with van der Waals surface area (Å²) >= 11 is 0. The maximum Gasteiger partial charge on any atom is 0.262 e. The van der Waals surface area contributed by atoms with Crippen molar-refractivity contribution < 1.29 is 9.63 Å². The van der Waals surface area contributed by atoms with Crippen molar-refractivity contribution in [2.45, 2.75) is 0 Å². The average molecular weight is 244 g/mol. The van der Waals surface area contributed by atoms with Gasteiger partial charge in [0, 0.05) is 0 Å². The van der Waals surface area contributed by atoms with E-state index in [1.807, 2.05) is 0 Å². The molecule has 0 aliphatic carbocycles. The summed E-state index contributed by atoms with van der Waals surface area (Å²) in [6, 6.07) is 4.89. The lowest BCUT2D eigenvalue weighted by Crippen LogP contribution is -1.88. The smallest absolute Gasteiger partial charge is 0.262 e. The Labute approximate surface area is 100 Å². The molecule has 0 radical (unpaired) electrons. The summed E-state index contributed by atoms with van der Waals surface area (Å²) in [5, 5.41) is 23.5. The van der Waals surface area contributed by atoms with E-state index >= 15 is 0 Å². The predicted octanol–water partition coefficient (Wildman–Crippen LogP) is 0.809. The van der Waals surface area contributed by atoms with E-state index in [1.54, 1.807) is 18.2 Å². The van der Waals surface area contributed by atoms with E-state index in [1.165, 1.54) is 6.20 Å². The number of aromatic amines is 1. The van der Waals surface area contributed by atoms with Gasteiger partial charge in [0.15, 0.2) is 11.4 Å². The SMILES string of the molecule is Nc1cccc(-c2nc(-c3cn[nH]n3)no2)c1O. The zero-order valence-corrected chi connectivity index (χ0v) is 9.03. The van der Waals surface area contributed by atoms with Crippen LogP contribution in [0.25, 0.3) is 23.0 Å². The number of nitrogens with zero attached hydrogens (tertiary/aromatic N) is 4. The van der Waals surface area contributed by atoms with E-state index < -0.39 is 0 Å². The number of anilines is 1. The molecule has 0 unspecified atom stereocenters.